The Labute approximate surface area is 83.7 Å². The van der Waals surface area contributed by atoms with Gasteiger partial charge in [0.05, 0.1) is 17.3 Å². The molecule has 76 valence electrons. The number of aromatic nitrogens is 1. The Morgan fingerprint density at radius 2 is 2.21 bits per heavy atom. The van der Waals surface area contributed by atoms with Crippen LogP contribution < -0.4 is 5.73 Å². The van der Waals surface area contributed by atoms with E-state index in [4.69, 9.17) is 5.73 Å². The summed E-state index contributed by atoms with van der Waals surface area (Å²) in [7, 11) is 3.44. The van der Waals surface area contributed by atoms with Crippen LogP contribution in [0, 0.1) is 0 Å². The Bertz CT molecular complexity index is 336. The van der Waals surface area contributed by atoms with Gasteiger partial charge in [-0.1, -0.05) is 0 Å². The van der Waals surface area contributed by atoms with Crippen molar-refractivity contribution in [2.45, 2.75) is 12.8 Å². The number of likely N-dealkylation sites (N-methyl/N-ethyl adjacent to an activating group) is 1. The third-order valence-corrected chi connectivity index (χ3v) is 2.09. The number of anilines is 1. The van der Waals surface area contributed by atoms with Crippen molar-refractivity contribution in [2.24, 2.45) is 0 Å². The lowest BCUT2D eigenvalue weighted by Gasteiger charge is -2.17. The fourth-order valence-corrected chi connectivity index (χ4v) is 1.30. The molecule has 0 aliphatic carbocycles. The molecular formula is C10H15N3O. The number of pyridine rings is 1. The lowest BCUT2D eigenvalue weighted by Crippen LogP contribution is -2.27. The van der Waals surface area contributed by atoms with Crippen molar-refractivity contribution in [2.75, 3.05) is 19.8 Å². The summed E-state index contributed by atoms with van der Waals surface area (Å²) in [6.07, 6.45) is 1.64. The SMILES string of the molecule is CC(C(=O)N(C)C)c1ncccc1N. The highest BCUT2D eigenvalue weighted by Crippen LogP contribution is 2.20. The molecule has 14 heavy (non-hydrogen) atoms. The number of nitrogen functional groups attached to an aromatic ring is 1. The minimum Gasteiger partial charge on any atom is -0.397 e. The molecule has 0 saturated heterocycles. The van der Waals surface area contributed by atoms with Crippen molar-refractivity contribution in [3.05, 3.63) is 24.0 Å². The Morgan fingerprint density at radius 1 is 1.57 bits per heavy atom. The minimum atomic E-state index is -0.286. The van der Waals surface area contributed by atoms with E-state index in [1.54, 1.807) is 44.2 Å². The zero-order valence-electron chi connectivity index (χ0n) is 8.69. The normalized spacial score (nSPS) is 12.2. The summed E-state index contributed by atoms with van der Waals surface area (Å²) >= 11 is 0. The maximum atomic E-state index is 11.6. The van der Waals surface area contributed by atoms with Gasteiger partial charge in [0.15, 0.2) is 0 Å². The zero-order valence-corrected chi connectivity index (χ0v) is 8.69. The number of carbonyl (C=O) groups is 1. The summed E-state index contributed by atoms with van der Waals surface area (Å²) in [4.78, 5) is 17.3. The molecule has 0 spiro atoms. The summed E-state index contributed by atoms with van der Waals surface area (Å²) in [5.41, 5.74) is 6.94. The van der Waals surface area contributed by atoms with E-state index >= 15 is 0 Å². The van der Waals surface area contributed by atoms with Gasteiger partial charge in [0.1, 0.15) is 0 Å². The summed E-state index contributed by atoms with van der Waals surface area (Å²) in [6.45, 7) is 1.81. The zero-order chi connectivity index (χ0) is 10.7. The number of hydrogen-bond donors (Lipinski definition) is 1. The third kappa shape index (κ3) is 2.02. The summed E-state index contributed by atoms with van der Waals surface area (Å²) in [6, 6.07) is 3.51. The van der Waals surface area contributed by atoms with Crippen LogP contribution in [0.3, 0.4) is 0 Å². The second-order valence-corrected chi connectivity index (χ2v) is 3.43. The molecule has 1 rings (SSSR count). The Hall–Kier alpha value is -1.58. The molecule has 1 heterocycles. The Kier molecular flexibility index (Phi) is 3.06. The molecule has 1 amide bonds. The van der Waals surface area contributed by atoms with E-state index in [1.807, 2.05) is 0 Å². The molecule has 0 bridgehead atoms. The van der Waals surface area contributed by atoms with Gasteiger partial charge in [0.2, 0.25) is 5.91 Å². The molecule has 0 aliphatic rings. The van der Waals surface area contributed by atoms with Crippen molar-refractivity contribution in [1.82, 2.24) is 9.88 Å². The first-order chi connectivity index (χ1) is 6.54. The fraction of sp³-hybridized carbons (Fsp3) is 0.400. The van der Waals surface area contributed by atoms with E-state index in [-0.39, 0.29) is 11.8 Å². The highest BCUT2D eigenvalue weighted by Gasteiger charge is 2.19. The lowest BCUT2D eigenvalue weighted by atomic mass is 10.0. The third-order valence-electron chi connectivity index (χ3n) is 2.09. The first kappa shape index (κ1) is 10.5. The molecule has 1 aromatic heterocycles. The van der Waals surface area contributed by atoms with Crippen LogP contribution in [0.1, 0.15) is 18.5 Å². The highest BCUT2D eigenvalue weighted by atomic mass is 16.2. The van der Waals surface area contributed by atoms with Gasteiger partial charge in [-0.25, -0.2) is 0 Å². The first-order valence-corrected chi connectivity index (χ1v) is 4.45. The highest BCUT2D eigenvalue weighted by molar-refractivity contribution is 5.83. The number of carbonyl (C=O) groups excluding carboxylic acids is 1. The number of amides is 1. The van der Waals surface area contributed by atoms with Gasteiger partial charge in [-0.2, -0.15) is 0 Å². The smallest absolute Gasteiger partial charge is 0.230 e. The standard InChI is InChI=1S/C10H15N3O/c1-7(10(14)13(2)3)9-8(11)5-4-6-12-9/h4-7H,11H2,1-3H3. The molecule has 1 unspecified atom stereocenters. The van der Waals surface area contributed by atoms with E-state index in [1.165, 1.54) is 0 Å². The maximum Gasteiger partial charge on any atom is 0.230 e. The van der Waals surface area contributed by atoms with Crippen LogP contribution >= 0.6 is 0 Å². The second-order valence-electron chi connectivity index (χ2n) is 3.43. The molecule has 2 N–H and O–H groups in total. The average Bonchev–Trinajstić information content (AvgIpc) is 2.16. The molecule has 1 aromatic rings. The van der Waals surface area contributed by atoms with Gasteiger partial charge < -0.3 is 10.6 Å². The van der Waals surface area contributed by atoms with Gasteiger partial charge in [-0.05, 0) is 19.1 Å². The van der Waals surface area contributed by atoms with Gasteiger partial charge in [0, 0.05) is 20.3 Å². The number of nitrogens with zero attached hydrogens (tertiary/aromatic N) is 2. The van der Waals surface area contributed by atoms with Crippen LogP contribution in [0.2, 0.25) is 0 Å². The molecular weight excluding hydrogens is 178 g/mol. The second kappa shape index (κ2) is 4.09. The van der Waals surface area contributed by atoms with Crippen LogP contribution in [-0.2, 0) is 4.79 Å². The molecule has 0 aromatic carbocycles. The molecule has 0 aliphatic heterocycles. The van der Waals surface area contributed by atoms with E-state index in [9.17, 15) is 4.79 Å². The minimum absolute atomic E-state index is 0.00963. The molecule has 0 saturated carbocycles. The monoisotopic (exact) mass is 193 g/mol. The molecule has 4 nitrogen and oxygen atoms in total. The lowest BCUT2D eigenvalue weighted by molar-refractivity contribution is -0.129. The van der Waals surface area contributed by atoms with Gasteiger partial charge in [0.25, 0.3) is 0 Å². The number of nitrogens with two attached hydrogens (primary N) is 1. The quantitative estimate of drug-likeness (QED) is 0.757. The van der Waals surface area contributed by atoms with E-state index < -0.39 is 0 Å². The van der Waals surface area contributed by atoms with Crippen LogP contribution in [-0.4, -0.2) is 29.9 Å². The van der Waals surface area contributed by atoms with Gasteiger partial charge >= 0.3 is 0 Å². The van der Waals surface area contributed by atoms with Crippen LogP contribution in [0.15, 0.2) is 18.3 Å². The number of hydrogen-bond acceptors (Lipinski definition) is 3. The topological polar surface area (TPSA) is 59.2 Å². The largest absolute Gasteiger partial charge is 0.397 e. The number of rotatable bonds is 2. The predicted octanol–water partition coefficient (Wildman–Crippen LogP) is 0.855. The van der Waals surface area contributed by atoms with E-state index in [2.05, 4.69) is 4.98 Å². The Balaban J connectivity index is 2.95. The van der Waals surface area contributed by atoms with Crippen molar-refractivity contribution in [3.63, 3.8) is 0 Å². The maximum absolute atomic E-state index is 11.6. The molecule has 0 fully saturated rings. The summed E-state index contributed by atoms with van der Waals surface area (Å²) < 4.78 is 0. The van der Waals surface area contributed by atoms with Crippen molar-refractivity contribution in [3.8, 4) is 0 Å². The van der Waals surface area contributed by atoms with Crippen LogP contribution in [0.25, 0.3) is 0 Å². The summed E-state index contributed by atoms with van der Waals surface area (Å²) in [5, 5.41) is 0. The van der Waals surface area contributed by atoms with Crippen LogP contribution in [0.5, 0.6) is 0 Å². The van der Waals surface area contributed by atoms with Gasteiger partial charge in [-0.15, -0.1) is 0 Å². The molecule has 4 heteroatoms. The molecule has 0 radical (unpaired) electrons. The van der Waals surface area contributed by atoms with Crippen molar-refractivity contribution < 1.29 is 4.79 Å². The average molecular weight is 193 g/mol. The first-order valence-electron chi connectivity index (χ1n) is 4.45. The van der Waals surface area contributed by atoms with Crippen molar-refractivity contribution in [1.29, 1.82) is 0 Å². The fourth-order valence-electron chi connectivity index (χ4n) is 1.30. The predicted molar refractivity (Wildman–Crippen MR) is 55.8 cm³/mol. The van der Waals surface area contributed by atoms with Crippen LogP contribution in [0.4, 0.5) is 5.69 Å². The van der Waals surface area contributed by atoms with E-state index in [0.29, 0.717) is 11.4 Å². The van der Waals surface area contributed by atoms with Gasteiger partial charge in [-0.3, -0.25) is 9.78 Å². The van der Waals surface area contributed by atoms with E-state index in [0.717, 1.165) is 0 Å². The van der Waals surface area contributed by atoms with Crippen molar-refractivity contribution >= 4 is 11.6 Å². The Morgan fingerprint density at radius 3 is 2.71 bits per heavy atom. The molecule has 1 atom stereocenters. The summed E-state index contributed by atoms with van der Waals surface area (Å²) in [5.74, 6) is -0.276.